The van der Waals surface area contributed by atoms with Crippen molar-refractivity contribution >= 4 is 11.9 Å². The van der Waals surface area contributed by atoms with E-state index in [0.717, 1.165) is 44.9 Å². The fraction of sp³-hybridized carbons (Fsp3) is 0.906. The molecule has 0 radical (unpaired) electrons. The number of hydrogen-bond acceptors (Lipinski definition) is 5. The number of esters is 1. The molecular formula is C64H123NO5. The third kappa shape index (κ3) is 55.7. The molecule has 2 atom stereocenters. The van der Waals surface area contributed by atoms with Crippen molar-refractivity contribution in [2.24, 2.45) is 0 Å². The SMILES string of the molecule is CCCCCCCC/C=C\CCCCCCCC(=O)OCCCCCCCCCCCCCC/C=C\CCCCCCCCCCCCC(=O)NC(CO)C(O)CCCCCCCCCCCCCC. The molecule has 0 fully saturated rings. The molecule has 0 spiro atoms. The number of nitrogens with one attached hydrogen (secondary N) is 1. The predicted octanol–water partition coefficient (Wildman–Crippen LogP) is 19.8. The van der Waals surface area contributed by atoms with Crippen LogP contribution in [0.1, 0.15) is 348 Å². The van der Waals surface area contributed by atoms with Gasteiger partial charge in [-0.3, -0.25) is 9.59 Å². The number of aliphatic hydroxyl groups excluding tert-OH is 2. The predicted molar refractivity (Wildman–Crippen MR) is 306 cm³/mol. The highest BCUT2D eigenvalue weighted by atomic mass is 16.5. The molecule has 0 bridgehead atoms. The van der Waals surface area contributed by atoms with Crippen LogP contribution in [0.4, 0.5) is 0 Å². The lowest BCUT2D eigenvalue weighted by Crippen LogP contribution is -2.45. The Labute approximate surface area is 437 Å². The summed E-state index contributed by atoms with van der Waals surface area (Å²) < 4.78 is 5.48. The van der Waals surface area contributed by atoms with Gasteiger partial charge in [-0.15, -0.1) is 0 Å². The maximum absolute atomic E-state index is 12.5. The molecule has 0 aromatic rings. The van der Waals surface area contributed by atoms with Crippen LogP contribution in [0.3, 0.4) is 0 Å². The first-order valence-corrected chi connectivity index (χ1v) is 31.6. The Morgan fingerprint density at radius 2 is 0.671 bits per heavy atom. The Morgan fingerprint density at radius 3 is 1.01 bits per heavy atom. The highest BCUT2D eigenvalue weighted by molar-refractivity contribution is 5.76. The number of hydrogen-bond donors (Lipinski definition) is 3. The summed E-state index contributed by atoms with van der Waals surface area (Å²) in [6.07, 6.45) is 73.4. The maximum Gasteiger partial charge on any atom is 0.305 e. The number of unbranched alkanes of at least 4 members (excludes halogenated alkanes) is 44. The molecule has 0 aromatic heterocycles. The van der Waals surface area contributed by atoms with E-state index in [2.05, 4.69) is 43.5 Å². The van der Waals surface area contributed by atoms with Gasteiger partial charge in [0.05, 0.1) is 25.4 Å². The highest BCUT2D eigenvalue weighted by Crippen LogP contribution is 2.17. The normalized spacial score (nSPS) is 12.7. The van der Waals surface area contributed by atoms with Crippen LogP contribution in [-0.4, -0.2) is 47.4 Å². The summed E-state index contributed by atoms with van der Waals surface area (Å²) in [5, 5.41) is 23.2. The quantitative estimate of drug-likeness (QED) is 0.0321. The van der Waals surface area contributed by atoms with Crippen LogP contribution in [0.25, 0.3) is 0 Å². The summed E-state index contributed by atoms with van der Waals surface area (Å²) in [6, 6.07) is -0.541. The first-order chi connectivity index (χ1) is 34.5. The first kappa shape index (κ1) is 68.3. The van der Waals surface area contributed by atoms with Crippen molar-refractivity contribution in [2.45, 2.75) is 360 Å². The van der Waals surface area contributed by atoms with Crippen LogP contribution in [0.15, 0.2) is 24.3 Å². The molecule has 0 saturated heterocycles. The van der Waals surface area contributed by atoms with E-state index in [9.17, 15) is 19.8 Å². The molecule has 70 heavy (non-hydrogen) atoms. The zero-order chi connectivity index (χ0) is 50.7. The molecule has 1 amide bonds. The van der Waals surface area contributed by atoms with Gasteiger partial charge in [-0.2, -0.15) is 0 Å². The monoisotopic (exact) mass is 986 g/mol. The van der Waals surface area contributed by atoms with Crippen molar-refractivity contribution in [3.63, 3.8) is 0 Å². The fourth-order valence-corrected chi connectivity index (χ4v) is 9.87. The lowest BCUT2D eigenvalue weighted by Gasteiger charge is -2.22. The van der Waals surface area contributed by atoms with E-state index in [0.29, 0.717) is 25.9 Å². The second kappa shape index (κ2) is 59.9. The van der Waals surface area contributed by atoms with Gasteiger partial charge < -0.3 is 20.3 Å². The molecule has 0 rings (SSSR count). The Hall–Kier alpha value is -1.66. The number of amides is 1. The summed E-state index contributed by atoms with van der Waals surface area (Å²) in [6.45, 7) is 4.95. The van der Waals surface area contributed by atoms with Crippen LogP contribution in [-0.2, 0) is 14.3 Å². The molecule has 2 unspecified atom stereocenters. The third-order valence-corrected chi connectivity index (χ3v) is 14.7. The molecule has 0 aromatic carbocycles. The summed E-state index contributed by atoms with van der Waals surface area (Å²) >= 11 is 0. The van der Waals surface area contributed by atoms with E-state index in [1.807, 2.05) is 0 Å². The number of aliphatic hydroxyl groups is 2. The van der Waals surface area contributed by atoms with Crippen LogP contribution in [0, 0.1) is 0 Å². The van der Waals surface area contributed by atoms with E-state index in [1.54, 1.807) is 0 Å². The average molecular weight is 987 g/mol. The van der Waals surface area contributed by atoms with E-state index in [4.69, 9.17) is 4.74 Å². The van der Waals surface area contributed by atoms with Crippen LogP contribution in [0.2, 0.25) is 0 Å². The van der Waals surface area contributed by atoms with Gasteiger partial charge in [0.25, 0.3) is 0 Å². The average Bonchev–Trinajstić information content (AvgIpc) is 3.36. The standard InChI is InChI=1S/C64H123NO5/c1-3-5-7-9-11-13-15-17-30-34-38-42-46-50-54-58-64(69)70-59-55-51-47-43-39-35-32-29-27-25-23-21-19-18-20-22-24-26-28-31-33-37-41-45-49-53-57-63(68)65-61(60-66)62(67)56-52-48-44-40-36-16-14-12-10-8-6-4-2/h17-18,20,30,61-62,66-67H,3-16,19,21-29,31-60H2,1-2H3,(H,65,68)/b20-18-,30-17-. The molecule has 0 saturated carbocycles. The molecule has 0 aliphatic carbocycles. The second-order valence-corrected chi connectivity index (χ2v) is 21.7. The van der Waals surface area contributed by atoms with Crippen molar-refractivity contribution in [1.29, 1.82) is 0 Å². The van der Waals surface area contributed by atoms with Gasteiger partial charge in [0.15, 0.2) is 0 Å². The van der Waals surface area contributed by atoms with Crippen molar-refractivity contribution in [2.75, 3.05) is 13.2 Å². The number of carbonyl (C=O) groups excluding carboxylic acids is 2. The van der Waals surface area contributed by atoms with E-state index >= 15 is 0 Å². The van der Waals surface area contributed by atoms with Gasteiger partial charge in [-0.05, 0) is 77.0 Å². The van der Waals surface area contributed by atoms with Crippen LogP contribution >= 0.6 is 0 Å². The van der Waals surface area contributed by atoms with Gasteiger partial charge in [0, 0.05) is 12.8 Å². The molecule has 414 valence electrons. The largest absolute Gasteiger partial charge is 0.466 e. The van der Waals surface area contributed by atoms with E-state index in [1.165, 1.54) is 270 Å². The lowest BCUT2D eigenvalue weighted by molar-refractivity contribution is -0.143. The van der Waals surface area contributed by atoms with E-state index < -0.39 is 12.1 Å². The Bertz CT molecular complexity index is 1090. The molecular weight excluding hydrogens is 863 g/mol. The number of allylic oxidation sites excluding steroid dienone is 4. The first-order valence-electron chi connectivity index (χ1n) is 31.6. The number of carbonyl (C=O) groups is 2. The lowest BCUT2D eigenvalue weighted by atomic mass is 10.0. The number of rotatable bonds is 59. The van der Waals surface area contributed by atoms with Gasteiger partial charge >= 0.3 is 5.97 Å². The minimum atomic E-state index is -0.664. The minimum Gasteiger partial charge on any atom is -0.466 e. The fourth-order valence-electron chi connectivity index (χ4n) is 9.87. The van der Waals surface area contributed by atoms with Crippen LogP contribution < -0.4 is 5.32 Å². The molecule has 0 aliphatic rings. The van der Waals surface area contributed by atoms with E-state index in [-0.39, 0.29) is 18.5 Å². The third-order valence-electron chi connectivity index (χ3n) is 14.7. The van der Waals surface area contributed by atoms with Crippen molar-refractivity contribution in [1.82, 2.24) is 5.32 Å². The summed E-state index contributed by atoms with van der Waals surface area (Å²) in [7, 11) is 0. The van der Waals surface area contributed by atoms with Gasteiger partial charge in [-0.25, -0.2) is 0 Å². The zero-order valence-electron chi connectivity index (χ0n) is 47.3. The summed E-state index contributed by atoms with van der Waals surface area (Å²) in [5.41, 5.74) is 0. The summed E-state index contributed by atoms with van der Waals surface area (Å²) in [4.78, 5) is 24.5. The smallest absolute Gasteiger partial charge is 0.305 e. The van der Waals surface area contributed by atoms with Gasteiger partial charge in [0.1, 0.15) is 0 Å². The van der Waals surface area contributed by atoms with Gasteiger partial charge in [0.2, 0.25) is 5.91 Å². The van der Waals surface area contributed by atoms with Crippen LogP contribution in [0.5, 0.6) is 0 Å². The van der Waals surface area contributed by atoms with Crippen molar-refractivity contribution < 1.29 is 24.5 Å². The molecule has 0 aliphatic heterocycles. The van der Waals surface area contributed by atoms with Gasteiger partial charge in [-0.1, -0.05) is 282 Å². The number of ether oxygens (including phenoxy) is 1. The molecule has 0 heterocycles. The Balaban J connectivity index is 3.37. The second-order valence-electron chi connectivity index (χ2n) is 21.7. The zero-order valence-corrected chi connectivity index (χ0v) is 47.3. The summed E-state index contributed by atoms with van der Waals surface area (Å²) in [5.74, 6) is -0.0296. The molecule has 6 heteroatoms. The molecule has 3 N–H and O–H groups in total. The van der Waals surface area contributed by atoms with Crippen molar-refractivity contribution in [3.05, 3.63) is 24.3 Å². The van der Waals surface area contributed by atoms with Crippen molar-refractivity contribution in [3.8, 4) is 0 Å². The molecule has 6 nitrogen and oxygen atoms in total. The Kier molecular flexibility index (Phi) is 58.5. The Morgan fingerprint density at radius 1 is 0.386 bits per heavy atom. The maximum atomic E-state index is 12.5. The highest BCUT2D eigenvalue weighted by Gasteiger charge is 2.20. The topological polar surface area (TPSA) is 95.9 Å². The minimum absolute atomic E-state index is 0.00667.